The standard InChI is InChI=1S/C21H19ClN2O4/c1-3-27-17-10-8-15(9-11-17)12-16(13-23)21(26)28-14(2)20(25)24-19-7-5-4-6-18(19)22/h4-12,14H,3H2,1-2H3,(H,24,25)/b16-12+/t14-/m1/s1. The van der Waals surface area contributed by atoms with E-state index in [1.807, 2.05) is 6.92 Å². The van der Waals surface area contributed by atoms with Crippen LogP contribution in [-0.4, -0.2) is 24.6 Å². The van der Waals surface area contributed by atoms with Crippen LogP contribution in [0.5, 0.6) is 5.75 Å². The van der Waals surface area contributed by atoms with Gasteiger partial charge in [-0.15, -0.1) is 0 Å². The number of para-hydroxylation sites is 1. The molecule has 1 N–H and O–H groups in total. The second-order valence-corrected chi connectivity index (χ2v) is 6.10. The lowest BCUT2D eigenvalue weighted by Crippen LogP contribution is -2.30. The van der Waals surface area contributed by atoms with Gasteiger partial charge in [0, 0.05) is 0 Å². The number of halogens is 1. The van der Waals surface area contributed by atoms with Crippen LogP contribution in [0.25, 0.3) is 6.08 Å². The predicted octanol–water partition coefficient (Wildman–Crippen LogP) is 4.22. The molecule has 6 nitrogen and oxygen atoms in total. The molecule has 7 heteroatoms. The van der Waals surface area contributed by atoms with Crippen molar-refractivity contribution < 1.29 is 19.1 Å². The van der Waals surface area contributed by atoms with Crippen molar-refractivity contribution in [2.24, 2.45) is 0 Å². The van der Waals surface area contributed by atoms with Crippen LogP contribution in [0.15, 0.2) is 54.1 Å². The summed E-state index contributed by atoms with van der Waals surface area (Å²) < 4.78 is 10.4. The highest BCUT2D eigenvalue weighted by Gasteiger charge is 2.21. The molecule has 0 radical (unpaired) electrons. The van der Waals surface area contributed by atoms with E-state index in [4.69, 9.17) is 21.1 Å². The summed E-state index contributed by atoms with van der Waals surface area (Å²) in [6.07, 6.45) is 0.275. The Balaban J connectivity index is 2.03. The second kappa shape index (κ2) is 10.1. The van der Waals surface area contributed by atoms with Gasteiger partial charge in [-0.2, -0.15) is 5.26 Å². The molecule has 0 unspecified atom stereocenters. The lowest BCUT2D eigenvalue weighted by atomic mass is 10.1. The number of hydrogen-bond acceptors (Lipinski definition) is 5. The third-order valence-electron chi connectivity index (χ3n) is 3.63. The molecule has 0 aliphatic heterocycles. The van der Waals surface area contributed by atoms with Crippen molar-refractivity contribution in [2.75, 3.05) is 11.9 Å². The van der Waals surface area contributed by atoms with Crippen LogP contribution in [0.3, 0.4) is 0 Å². The van der Waals surface area contributed by atoms with Crippen molar-refractivity contribution in [2.45, 2.75) is 20.0 Å². The third-order valence-corrected chi connectivity index (χ3v) is 3.96. The van der Waals surface area contributed by atoms with Gasteiger partial charge in [-0.1, -0.05) is 35.9 Å². The third kappa shape index (κ3) is 5.86. The maximum absolute atomic E-state index is 12.2. The minimum Gasteiger partial charge on any atom is -0.494 e. The maximum Gasteiger partial charge on any atom is 0.349 e. The molecular formula is C21H19ClN2O4. The van der Waals surface area contributed by atoms with Crippen molar-refractivity contribution in [3.05, 3.63) is 64.7 Å². The number of anilines is 1. The van der Waals surface area contributed by atoms with Crippen LogP contribution in [0, 0.1) is 11.3 Å². The number of nitrogens with one attached hydrogen (secondary N) is 1. The first-order valence-electron chi connectivity index (χ1n) is 8.55. The molecule has 1 amide bonds. The van der Waals surface area contributed by atoms with Crippen LogP contribution in [0.2, 0.25) is 5.02 Å². The fourth-order valence-corrected chi connectivity index (χ4v) is 2.39. The lowest BCUT2D eigenvalue weighted by Gasteiger charge is -2.14. The Morgan fingerprint density at radius 3 is 2.50 bits per heavy atom. The average Bonchev–Trinajstić information content (AvgIpc) is 2.69. The zero-order chi connectivity index (χ0) is 20.5. The first-order chi connectivity index (χ1) is 13.4. The first kappa shape index (κ1) is 21.0. The number of nitriles is 1. The van der Waals surface area contributed by atoms with E-state index < -0.39 is 18.0 Å². The van der Waals surface area contributed by atoms with Gasteiger partial charge < -0.3 is 14.8 Å². The highest BCUT2D eigenvalue weighted by molar-refractivity contribution is 6.33. The predicted molar refractivity (Wildman–Crippen MR) is 107 cm³/mol. The number of esters is 1. The van der Waals surface area contributed by atoms with Gasteiger partial charge in [-0.3, -0.25) is 4.79 Å². The molecule has 2 aromatic carbocycles. The number of amides is 1. The molecule has 0 spiro atoms. The number of carbonyl (C=O) groups excluding carboxylic acids is 2. The minimum absolute atomic E-state index is 0.221. The fourth-order valence-electron chi connectivity index (χ4n) is 2.20. The first-order valence-corrected chi connectivity index (χ1v) is 8.93. The summed E-state index contributed by atoms with van der Waals surface area (Å²) in [5, 5.41) is 12.2. The highest BCUT2D eigenvalue weighted by atomic mass is 35.5. The molecule has 144 valence electrons. The van der Waals surface area contributed by atoms with Crippen LogP contribution in [-0.2, 0) is 14.3 Å². The van der Waals surface area contributed by atoms with Crippen molar-refractivity contribution in [1.82, 2.24) is 0 Å². The molecule has 0 aromatic heterocycles. The lowest BCUT2D eigenvalue weighted by molar-refractivity contribution is -0.148. The van der Waals surface area contributed by atoms with Crippen LogP contribution < -0.4 is 10.1 Å². The van der Waals surface area contributed by atoms with Crippen molar-refractivity contribution in [3.8, 4) is 11.8 Å². The molecule has 2 rings (SSSR count). The van der Waals surface area contributed by atoms with Gasteiger partial charge in [0.25, 0.3) is 5.91 Å². The summed E-state index contributed by atoms with van der Waals surface area (Å²) in [6, 6.07) is 15.4. The molecule has 0 bridgehead atoms. The Hall–Kier alpha value is -3.30. The van der Waals surface area contributed by atoms with Crippen LogP contribution in [0.4, 0.5) is 5.69 Å². The van der Waals surface area contributed by atoms with E-state index in [9.17, 15) is 14.9 Å². The van der Waals surface area contributed by atoms with Gasteiger partial charge in [0.05, 0.1) is 17.3 Å². The molecule has 2 aromatic rings. The Morgan fingerprint density at radius 1 is 1.21 bits per heavy atom. The number of rotatable bonds is 7. The molecule has 0 aliphatic carbocycles. The molecular weight excluding hydrogens is 380 g/mol. The number of nitrogens with zero attached hydrogens (tertiary/aromatic N) is 1. The Kier molecular flexibility index (Phi) is 7.61. The minimum atomic E-state index is -1.11. The van der Waals surface area contributed by atoms with Gasteiger partial charge in [-0.05, 0) is 49.8 Å². The van der Waals surface area contributed by atoms with Crippen LogP contribution in [0.1, 0.15) is 19.4 Å². The Bertz CT molecular complexity index is 917. The van der Waals surface area contributed by atoms with E-state index in [0.717, 1.165) is 0 Å². The molecule has 28 heavy (non-hydrogen) atoms. The van der Waals surface area contributed by atoms with Gasteiger partial charge in [0.1, 0.15) is 17.4 Å². The second-order valence-electron chi connectivity index (χ2n) is 5.69. The maximum atomic E-state index is 12.2. The van der Waals surface area contributed by atoms with E-state index in [-0.39, 0.29) is 5.57 Å². The largest absolute Gasteiger partial charge is 0.494 e. The summed E-state index contributed by atoms with van der Waals surface area (Å²) in [6.45, 7) is 3.83. The summed E-state index contributed by atoms with van der Waals surface area (Å²) in [4.78, 5) is 24.4. The molecule has 0 saturated carbocycles. The summed E-state index contributed by atoms with van der Waals surface area (Å²) >= 11 is 5.99. The van der Waals surface area contributed by atoms with Gasteiger partial charge >= 0.3 is 5.97 Å². The zero-order valence-corrected chi connectivity index (χ0v) is 16.2. The molecule has 0 fully saturated rings. The normalized spacial score (nSPS) is 11.9. The summed E-state index contributed by atoms with van der Waals surface area (Å²) in [5.74, 6) is -0.761. The quantitative estimate of drug-likeness (QED) is 0.428. The zero-order valence-electron chi connectivity index (χ0n) is 15.4. The SMILES string of the molecule is CCOc1ccc(/C=C(\C#N)C(=O)O[C@H](C)C(=O)Nc2ccccc2Cl)cc1. The van der Waals surface area contributed by atoms with Crippen molar-refractivity contribution in [1.29, 1.82) is 5.26 Å². The van der Waals surface area contributed by atoms with E-state index in [1.54, 1.807) is 54.6 Å². The molecule has 1 atom stereocenters. The van der Waals surface area contributed by atoms with E-state index in [2.05, 4.69) is 5.32 Å². The van der Waals surface area contributed by atoms with E-state index in [0.29, 0.717) is 28.6 Å². The Morgan fingerprint density at radius 2 is 1.89 bits per heavy atom. The topological polar surface area (TPSA) is 88.4 Å². The monoisotopic (exact) mass is 398 g/mol. The van der Waals surface area contributed by atoms with Crippen LogP contribution >= 0.6 is 11.6 Å². The van der Waals surface area contributed by atoms with Gasteiger partial charge in [-0.25, -0.2) is 4.79 Å². The van der Waals surface area contributed by atoms with Gasteiger partial charge in [0.2, 0.25) is 0 Å². The number of hydrogen-bond donors (Lipinski definition) is 1. The number of ether oxygens (including phenoxy) is 2. The number of carbonyl (C=O) groups is 2. The van der Waals surface area contributed by atoms with Gasteiger partial charge in [0.15, 0.2) is 6.10 Å². The smallest absolute Gasteiger partial charge is 0.349 e. The van der Waals surface area contributed by atoms with E-state index in [1.165, 1.54) is 13.0 Å². The highest BCUT2D eigenvalue weighted by Crippen LogP contribution is 2.21. The molecule has 0 aliphatic rings. The van der Waals surface area contributed by atoms with Crippen molar-refractivity contribution >= 4 is 35.2 Å². The molecule has 0 saturated heterocycles. The fraction of sp³-hybridized carbons (Fsp3) is 0.190. The molecule has 0 heterocycles. The van der Waals surface area contributed by atoms with E-state index >= 15 is 0 Å². The number of benzene rings is 2. The summed E-state index contributed by atoms with van der Waals surface area (Å²) in [7, 11) is 0. The Labute approximate surface area is 168 Å². The average molecular weight is 399 g/mol. The van der Waals surface area contributed by atoms with Crippen molar-refractivity contribution in [3.63, 3.8) is 0 Å². The summed E-state index contributed by atoms with van der Waals surface area (Å²) in [5.41, 5.74) is 0.814.